The molecule has 0 fully saturated rings. The van der Waals surface area contributed by atoms with Gasteiger partial charge in [0.1, 0.15) is 7.85 Å². The fourth-order valence-electron chi connectivity index (χ4n) is 4.14. The zero-order valence-corrected chi connectivity index (χ0v) is 18.1. The van der Waals surface area contributed by atoms with E-state index in [1.54, 1.807) is 0 Å². The molecule has 5 aromatic rings. The summed E-state index contributed by atoms with van der Waals surface area (Å²) in [6, 6.07) is 47.2. The van der Waals surface area contributed by atoms with Crippen LogP contribution in [-0.2, 0) is 0 Å². The number of hydrogen-bond acceptors (Lipinski definition) is 1. The highest BCUT2D eigenvalue weighted by Crippen LogP contribution is 2.36. The Hall–Kier alpha value is -4.04. The van der Waals surface area contributed by atoms with Gasteiger partial charge in [0.15, 0.2) is 0 Å². The first-order valence-corrected chi connectivity index (χ1v) is 11.0. The van der Waals surface area contributed by atoms with E-state index in [0.29, 0.717) is 0 Å². The molecule has 0 N–H and O–H groups in total. The lowest BCUT2D eigenvalue weighted by atomic mass is 9.86. The zero-order valence-electron chi connectivity index (χ0n) is 18.1. The molecule has 32 heavy (non-hydrogen) atoms. The standard InChI is InChI=1S/C30H24BN/c31-30-21-20-28(22-29(30)25-12-6-2-7-13-25)32(26-14-8-3-9-15-26)27-18-16-24(17-19-27)23-10-4-1-5-11-23/h1-22H,31H2. The summed E-state index contributed by atoms with van der Waals surface area (Å²) in [5.41, 5.74) is 9.63. The summed E-state index contributed by atoms with van der Waals surface area (Å²) in [6.07, 6.45) is 0. The number of nitrogens with zero attached hydrogens (tertiary/aromatic N) is 1. The van der Waals surface area contributed by atoms with Crippen molar-refractivity contribution in [3.8, 4) is 22.3 Å². The molecular formula is C30H24BN. The quantitative estimate of drug-likeness (QED) is 0.290. The summed E-state index contributed by atoms with van der Waals surface area (Å²) < 4.78 is 0. The van der Waals surface area contributed by atoms with Crippen molar-refractivity contribution in [3.05, 3.63) is 133 Å². The summed E-state index contributed by atoms with van der Waals surface area (Å²) >= 11 is 0. The molecule has 0 aliphatic rings. The molecule has 0 amide bonds. The van der Waals surface area contributed by atoms with Crippen LogP contribution in [0.3, 0.4) is 0 Å². The Morgan fingerprint density at radius 1 is 0.406 bits per heavy atom. The second kappa shape index (κ2) is 8.99. The number of hydrogen-bond donors (Lipinski definition) is 0. The second-order valence-corrected chi connectivity index (χ2v) is 7.95. The average Bonchev–Trinajstić information content (AvgIpc) is 2.87. The zero-order chi connectivity index (χ0) is 21.8. The van der Waals surface area contributed by atoms with Gasteiger partial charge in [-0.3, -0.25) is 0 Å². The van der Waals surface area contributed by atoms with E-state index in [0.717, 1.165) is 17.1 Å². The van der Waals surface area contributed by atoms with Crippen LogP contribution in [0.15, 0.2) is 133 Å². The Bertz CT molecular complexity index is 1300. The van der Waals surface area contributed by atoms with E-state index >= 15 is 0 Å². The molecular weight excluding hydrogens is 385 g/mol. The summed E-state index contributed by atoms with van der Waals surface area (Å²) in [5.74, 6) is 0. The summed E-state index contributed by atoms with van der Waals surface area (Å²) in [6.45, 7) is 0. The lowest BCUT2D eigenvalue weighted by molar-refractivity contribution is 1.29. The molecule has 0 aliphatic heterocycles. The first-order valence-electron chi connectivity index (χ1n) is 11.0. The van der Waals surface area contributed by atoms with Gasteiger partial charge in [0.2, 0.25) is 0 Å². The monoisotopic (exact) mass is 409 g/mol. The average molecular weight is 409 g/mol. The highest BCUT2D eigenvalue weighted by molar-refractivity contribution is 6.36. The third-order valence-electron chi connectivity index (χ3n) is 5.81. The maximum atomic E-state index is 2.32. The highest BCUT2D eigenvalue weighted by atomic mass is 15.1. The van der Waals surface area contributed by atoms with E-state index in [-0.39, 0.29) is 0 Å². The molecule has 0 saturated carbocycles. The predicted molar refractivity (Wildman–Crippen MR) is 140 cm³/mol. The van der Waals surface area contributed by atoms with Gasteiger partial charge in [0.25, 0.3) is 0 Å². The molecule has 0 bridgehead atoms. The molecule has 0 aromatic heterocycles. The lowest BCUT2D eigenvalue weighted by Crippen LogP contribution is -2.13. The molecule has 0 atom stereocenters. The molecule has 0 heterocycles. The van der Waals surface area contributed by atoms with Gasteiger partial charge < -0.3 is 4.90 Å². The first kappa shape index (κ1) is 19.9. The Balaban J connectivity index is 1.60. The smallest absolute Gasteiger partial charge is 0.140 e. The van der Waals surface area contributed by atoms with Crippen LogP contribution in [0.2, 0.25) is 0 Å². The Morgan fingerprint density at radius 2 is 0.875 bits per heavy atom. The largest absolute Gasteiger partial charge is 0.310 e. The SMILES string of the molecule is Bc1ccc(N(c2ccccc2)c2ccc(-c3ccccc3)cc2)cc1-c1ccccc1. The van der Waals surface area contributed by atoms with Gasteiger partial charge >= 0.3 is 0 Å². The van der Waals surface area contributed by atoms with E-state index in [1.807, 2.05) is 0 Å². The predicted octanol–water partition coefficient (Wildman–Crippen LogP) is 6.75. The van der Waals surface area contributed by atoms with E-state index in [1.165, 1.54) is 27.7 Å². The summed E-state index contributed by atoms with van der Waals surface area (Å²) in [5, 5.41) is 0. The Morgan fingerprint density at radius 3 is 1.50 bits per heavy atom. The molecule has 152 valence electrons. The van der Waals surface area contributed by atoms with Crippen molar-refractivity contribution >= 4 is 30.4 Å². The Labute approximate surface area is 191 Å². The maximum Gasteiger partial charge on any atom is 0.140 e. The molecule has 5 aromatic carbocycles. The molecule has 1 nitrogen and oxygen atoms in total. The Kier molecular flexibility index (Phi) is 5.59. The molecule has 0 spiro atoms. The molecule has 0 aliphatic carbocycles. The number of para-hydroxylation sites is 1. The van der Waals surface area contributed by atoms with Gasteiger partial charge in [-0.05, 0) is 58.7 Å². The van der Waals surface area contributed by atoms with Crippen LogP contribution in [-0.4, -0.2) is 7.85 Å². The van der Waals surface area contributed by atoms with Crippen molar-refractivity contribution in [2.24, 2.45) is 0 Å². The third kappa shape index (κ3) is 4.08. The molecule has 0 unspecified atom stereocenters. The number of benzene rings is 5. The summed E-state index contributed by atoms with van der Waals surface area (Å²) in [7, 11) is 2.17. The van der Waals surface area contributed by atoms with Crippen molar-refractivity contribution in [3.63, 3.8) is 0 Å². The van der Waals surface area contributed by atoms with Crippen molar-refractivity contribution in [2.45, 2.75) is 0 Å². The van der Waals surface area contributed by atoms with Crippen LogP contribution < -0.4 is 10.4 Å². The van der Waals surface area contributed by atoms with Gasteiger partial charge in [-0.1, -0.05) is 103 Å². The van der Waals surface area contributed by atoms with Crippen LogP contribution in [0.5, 0.6) is 0 Å². The van der Waals surface area contributed by atoms with Gasteiger partial charge in [-0.15, -0.1) is 0 Å². The maximum absolute atomic E-state index is 2.32. The lowest BCUT2D eigenvalue weighted by Gasteiger charge is -2.26. The van der Waals surface area contributed by atoms with E-state index in [9.17, 15) is 0 Å². The van der Waals surface area contributed by atoms with Crippen molar-refractivity contribution in [2.75, 3.05) is 4.90 Å². The van der Waals surface area contributed by atoms with Gasteiger partial charge in [-0.25, -0.2) is 0 Å². The van der Waals surface area contributed by atoms with Crippen molar-refractivity contribution < 1.29 is 0 Å². The first-order chi connectivity index (χ1) is 15.8. The van der Waals surface area contributed by atoms with Crippen LogP contribution in [0.4, 0.5) is 17.1 Å². The summed E-state index contributed by atoms with van der Waals surface area (Å²) in [4.78, 5) is 2.32. The topological polar surface area (TPSA) is 3.24 Å². The molecule has 0 radical (unpaired) electrons. The van der Waals surface area contributed by atoms with E-state index in [4.69, 9.17) is 0 Å². The highest BCUT2D eigenvalue weighted by Gasteiger charge is 2.14. The van der Waals surface area contributed by atoms with Crippen LogP contribution in [0, 0.1) is 0 Å². The van der Waals surface area contributed by atoms with Gasteiger partial charge in [0, 0.05) is 17.1 Å². The fraction of sp³-hybridized carbons (Fsp3) is 0. The molecule has 5 rings (SSSR count). The molecule has 0 saturated heterocycles. The van der Waals surface area contributed by atoms with Crippen LogP contribution in [0.25, 0.3) is 22.3 Å². The molecule has 2 heteroatoms. The van der Waals surface area contributed by atoms with E-state index < -0.39 is 0 Å². The van der Waals surface area contributed by atoms with Crippen molar-refractivity contribution in [1.82, 2.24) is 0 Å². The fourth-order valence-corrected chi connectivity index (χ4v) is 4.14. The second-order valence-electron chi connectivity index (χ2n) is 7.95. The third-order valence-corrected chi connectivity index (χ3v) is 5.81. The minimum atomic E-state index is 1.14. The van der Waals surface area contributed by atoms with E-state index in [2.05, 4.69) is 146 Å². The normalized spacial score (nSPS) is 10.6. The minimum Gasteiger partial charge on any atom is -0.310 e. The van der Waals surface area contributed by atoms with Gasteiger partial charge in [-0.2, -0.15) is 0 Å². The number of anilines is 3. The van der Waals surface area contributed by atoms with Crippen LogP contribution in [0.1, 0.15) is 0 Å². The van der Waals surface area contributed by atoms with Crippen LogP contribution >= 0.6 is 0 Å². The number of rotatable bonds is 5. The minimum absolute atomic E-state index is 1.14. The van der Waals surface area contributed by atoms with Crippen molar-refractivity contribution in [1.29, 1.82) is 0 Å². The van der Waals surface area contributed by atoms with Gasteiger partial charge in [0.05, 0.1) is 0 Å².